The monoisotopic (exact) mass is 211 g/mol. The number of hydrogen-bond donors (Lipinski definition) is 2. The van der Waals surface area contributed by atoms with Gasteiger partial charge in [0.15, 0.2) is 0 Å². The number of rotatable bonds is 6. The fourth-order valence-corrected chi connectivity index (χ4v) is 1.01. The molecule has 2 atom stereocenters. The maximum Gasteiger partial charge on any atom is 0.373 e. The molecule has 0 aromatic carbocycles. The van der Waals surface area contributed by atoms with Crippen LogP contribution in [0, 0.1) is 6.57 Å². The second-order valence-electron chi connectivity index (χ2n) is 2.02. The van der Waals surface area contributed by atoms with Gasteiger partial charge in [0.25, 0.3) is 14.4 Å². The Kier molecular flexibility index (Phi) is 5.82. The van der Waals surface area contributed by atoms with Gasteiger partial charge in [-0.15, -0.1) is 0 Å². The van der Waals surface area contributed by atoms with Gasteiger partial charge in [-0.05, 0) is 0 Å². The molecular formula is C5H10NO6P. The predicted molar refractivity (Wildman–Crippen MR) is 40.9 cm³/mol. The van der Waals surface area contributed by atoms with E-state index >= 15 is 0 Å². The van der Waals surface area contributed by atoms with Gasteiger partial charge in [0, 0.05) is 0 Å². The molecule has 0 saturated heterocycles. The van der Waals surface area contributed by atoms with Crippen LogP contribution in [0.25, 0.3) is 4.85 Å². The molecule has 0 fully saturated rings. The van der Waals surface area contributed by atoms with Crippen molar-refractivity contribution in [3.63, 3.8) is 0 Å². The first-order valence-electron chi connectivity index (χ1n) is 3.27. The zero-order valence-electron chi connectivity index (χ0n) is 6.70. The Balaban J connectivity index is 3.76. The second-order valence-corrected chi connectivity index (χ2v) is 3.43. The van der Waals surface area contributed by atoms with Crippen molar-refractivity contribution in [1.82, 2.24) is 0 Å². The van der Waals surface area contributed by atoms with Crippen molar-refractivity contribution in [2.24, 2.45) is 0 Å². The molecule has 0 radical (unpaired) electrons. The molecule has 0 aromatic rings. The molecule has 76 valence electrons. The third kappa shape index (κ3) is 6.66. The minimum Gasteiger partial charge on any atom is -0.756 e. The van der Waals surface area contributed by atoms with Crippen molar-refractivity contribution in [2.45, 2.75) is 6.10 Å². The van der Waals surface area contributed by atoms with E-state index in [0.717, 1.165) is 0 Å². The lowest BCUT2D eigenvalue weighted by atomic mass is 10.4. The van der Waals surface area contributed by atoms with Gasteiger partial charge >= 0.3 is 6.73 Å². The van der Waals surface area contributed by atoms with E-state index < -0.39 is 33.9 Å². The van der Waals surface area contributed by atoms with Gasteiger partial charge in [0.1, 0.15) is 6.10 Å². The van der Waals surface area contributed by atoms with Gasteiger partial charge < -0.3 is 19.6 Å². The molecule has 0 spiro atoms. The lowest BCUT2D eigenvalue weighted by molar-refractivity contribution is -0.226. The first kappa shape index (κ1) is 12.5. The SMILES string of the molecule is C#[N+]COP(=O)([O-])OCC(O)CO. The molecule has 8 heteroatoms. The smallest absolute Gasteiger partial charge is 0.373 e. The Morgan fingerprint density at radius 1 is 1.62 bits per heavy atom. The van der Waals surface area contributed by atoms with Crippen LogP contribution in [0.5, 0.6) is 0 Å². The zero-order valence-corrected chi connectivity index (χ0v) is 7.59. The molecule has 0 heterocycles. The highest BCUT2D eigenvalue weighted by atomic mass is 31.2. The third-order valence-electron chi connectivity index (χ3n) is 0.926. The van der Waals surface area contributed by atoms with Gasteiger partial charge in [-0.25, -0.2) is 4.52 Å². The average Bonchev–Trinajstić information content (AvgIpc) is 2.11. The quantitative estimate of drug-likeness (QED) is 0.532. The van der Waals surface area contributed by atoms with Crippen molar-refractivity contribution in [1.29, 1.82) is 0 Å². The molecule has 13 heavy (non-hydrogen) atoms. The summed E-state index contributed by atoms with van der Waals surface area (Å²) < 4.78 is 18.9. The summed E-state index contributed by atoms with van der Waals surface area (Å²) in [6.07, 6.45) is -1.26. The van der Waals surface area contributed by atoms with Gasteiger partial charge in [0.05, 0.1) is 13.2 Å². The van der Waals surface area contributed by atoms with E-state index in [-0.39, 0.29) is 0 Å². The van der Waals surface area contributed by atoms with Crippen LogP contribution < -0.4 is 4.89 Å². The molecule has 0 aromatic heterocycles. The maximum atomic E-state index is 10.7. The van der Waals surface area contributed by atoms with E-state index in [1.54, 1.807) is 0 Å². The zero-order chi connectivity index (χ0) is 10.3. The Bertz CT molecular complexity index is 226. The molecule has 7 nitrogen and oxygen atoms in total. The Morgan fingerprint density at radius 3 is 2.69 bits per heavy atom. The molecule has 0 saturated carbocycles. The molecule has 0 amide bonds. The van der Waals surface area contributed by atoms with Crippen LogP contribution in [0.1, 0.15) is 0 Å². The van der Waals surface area contributed by atoms with Crippen LogP contribution in [0.2, 0.25) is 0 Å². The van der Waals surface area contributed by atoms with Crippen LogP contribution in [0.3, 0.4) is 0 Å². The molecular weight excluding hydrogens is 201 g/mol. The summed E-state index contributed by atoms with van der Waals surface area (Å²) in [5.74, 6) is 0. The predicted octanol–water partition coefficient (Wildman–Crippen LogP) is -1.24. The van der Waals surface area contributed by atoms with Gasteiger partial charge in [-0.3, -0.25) is 4.57 Å². The fraction of sp³-hybridized carbons (Fsp3) is 0.800. The lowest BCUT2D eigenvalue weighted by Gasteiger charge is -2.20. The van der Waals surface area contributed by atoms with E-state index in [2.05, 4.69) is 20.5 Å². The summed E-state index contributed by atoms with van der Waals surface area (Å²) in [6, 6.07) is 0. The van der Waals surface area contributed by atoms with Crippen LogP contribution in [0.4, 0.5) is 0 Å². The van der Waals surface area contributed by atoms with Crippen LogP contribution in [-0.2, 0) is 13.6 Å². The number of aliphatic hydroxyl groups is 2. The molecule has 2 N–H and O–H groups in total. The number of phosphoric ester groups is 1. The topological polar surface area (TPSA) is 103 Å². The molecule has 0 aliphatic carbocycles. The van der Waals surface area contributed by atoms with Crippen LogP contribution >= 0.6 is 7.82 Å². The minimum atomic E-state index is -4.47. The van der Waals surface area contributed by atoms with E-state index in [1.807, 2.05) is 0 Å². The Hall–Kier alpha value is -0.480. The highest BCUT2D eigenvalue weighted by molar-refractivity contribution is 7.45. The summed E-state index contributed by atoms with van der Waals surface area (Å²) in [7, 11) is -4.47. The summed E-state index contributed by atoms with van der Waals surface area (Å²) in [6.45, 7) is 2.90. The van der Waals surface area contributed by atoms with E-state index in [4.69, 9.17) is 10.2 Å². The first-order valence-corrected chi connectivity index (χ1v) is 4.73. The highest BCUT2D eigenvalue weighted by Gasteiger charge is 2.13. The van der Waals surface area contributed by atoms with E-state index in [1.165, 1.54) is 0 Å². The molecule has 0 aliphatic rings. The molecule has 0 aliphatic heterocycles. The van der Waals surface area contributed by atoms with Gasteiger partial charge in [-0.2, -0.15) is 0 Å². The summed E-state index contributed by atoms with van der Waals surface area (Å²) in [4.78, 5) is 13.6. The number of hydrogen-bond acceptors (Lipinski definition) is 6. The van der Waals surface area contributed by atoms with E-state index in [0.29, 0.717) is 0 Å². The van der Waals surface area contributed by atoms with Gasteiger partial charge in [-0.1, -0.05) is 4.85 Å². The van der Waals surface area contributed by atoms with Crippen LogP contribution in [0.15, 0.2) is 0 Å². The number of aliphatic hydroxyl groups excluding tert-OH is 2. The van der Waals surface area contributed by atoms with Crippen molar-refractivity contribution < 1.29 is 28.7 Å². The Morgan fingerprint density at radius 2 is 2.23 bits per heavy atom. The lowest BCUT2D eigenvalue weighted by Crippen LogP contribution is -2.21. The summed E-state index contributed by atoms with van der Waals surface area (Å²) in [5.41, 5.74) is 0. The summed E-state index contributed by atoms with van der Waals surface area (Å²) >= 11 is 0. The third-order valence-corrected chi connectivity index (χ3v) is 1.82. The first-order chi connectivity index (χ1) is 6.02. The second kappa shape index (κ2) is 6.05. The average molecular weight is 211 g/mol. The highest BCUT2D eigenvalue weighted by Crippen LogP contribution is 2.37. The largest absolute Gasteiger partial charge is 0.756 e. The van der Waals surface area contributed by atoms with Gasteiger partial charge in [0.2, 0.25) is 0 Å². The summed E-state index contributed by atoms with van der Waals surface area (Å²) in [5, 5.41) is 17.0. The number of phosphoric acid groups is 1. The fourth-order valence-electron chi connectivity index (χ4n) is 0.371. The maximum absolute atomic E-state index is 10.7. The van der Waals surface area contributed by atoms with Crippen molar-refractivity contribution in [3.8, 4) is 6.57 Å². The normalized spacial score (nSPS) is 17.4. The molecule has 0 rings (SSSR count). The minimum absolute atomic E-state index is 0.546. The van der Waals surface area contributed by atoms with Crippen molar-refractivity contribution >= 4 is 7.82 Å². The van der Waals surface area contributed by atoms with Crippen LogP contribution in [-0.4, -0.2) is 36.3 Å². The molecule has 0 bridgehead atoms. The standard InChI is InChI=1S/C5H10NO6P/c1-6-4-12-13(9,10)11-3-5(8)2-7/h1,5,7-8H,2-4H2. The molecule has 2 unspecified atom stereocenters. The van der Waals surface area contributed by atoms with Crippen molar-refractivity contribution in [2.75, 3.05) is 19.9 Å². The van der Waals surface area contributed by atoms with Crippen molar-refractivity contribution in [3.05, 3.63) is 4.85 Å². The number of nitrogens with zero attached hydrogens (tertiary/aromatic N) is 1. The Labute approximate surface area is 75.0 Å². The van der Waals surface area contributed by atoms with E-state index in [9.17, 15) is 9.46 Å².